The summed E-state index contributed by atoms with van der Waals surface area (Å²) < 4.78 is 5.89. The SMILES string of the molecule is O=C(Nc1ccc(COC2CCCC2)cc1)N[C@@H]1C=C[C@H](CO)C1. The van der Waals surface area contributed by atoms with E-state index in [1.54, 1.807) is 0 Å². The Bertz CT molecular complexity index is 564. The Morgan fingerprint density at radius 3 is 2.58 bits per heavy atom. The minimum absolute atomic E-state index is 0.0127. The summed E-state index contributed by atoms with van der Waals surface area (Å²) in [5.41, 5.74) is 1.88. The molecule has 1 fully saturated rings. The summed E-state index contributed by atoms with van der Waals surface area (Å²) in [4.78, 5) is 12.0. The molecule has 0 radical (unpaired) electrons. The normalized spacial score (nSPS) is 23.5. The number of carbonyl (C=O) groups is 1. The maximum Gasteiger partial charge on any atom is 0.319 e. The summed E-state index contributed by atoms with van der Waals surface area (Å²) in [5.74, 6) is 0.148. The predicted molar refractivity (Wildman–Crippen MR) is 93.8 cm³/mol. The third-order valence-corrected chi connectivity index (χ3v) is 4.72. The summed E-state index contributed by atoms with van der Waals surface area (Å²) >= 11 is 0. The van der Waals surface area contributed by atoms with Gasteiger partial charge in [-0.25, -0.2) is 4.79 Å². The minimum Gasteiger partial charge on any atom is -0.396 e. The van der Waals surface area contributed by atoms with Crippen molar-refractivity contribution in [1.29, 1.82) is 0 Å². The number of hydrogen-bond acceptors (Lipinski definition) is 3. The van der Waals surface area contributed by atoms with Crippen molar-refractivity contribution in [2.24, 2.45) is 5.92 Å². The van der Waals surface area contributed by atoms with Gasteiger partial charge in [-0.2, -0.15) is 0 Å². The van der Waals surface area contributed by atoms with Gasteiger partial charge in [0.15, 0.2) is 0 Å². The Hall–Kier alpha value is -1.85. The Morgan fingerprint density at radius 1 is 1.17 bits per heavy atom. The fourth-order valence-electron chi connectivity index (χ4n) is 3.31. The van der Waals surface area contributed by atoms with E-state index in [0.717, 1.165) is 17.7 Å². The van der Waals surface area contributed by atoms with Gasteiger partial charge in [-0.05, 0) is 37.0 Å². The van der Waals surface area contributed by atoms with E-state index in [1.807, 2.05) is 36.4 Å². The summed E-state index contributed by atoms with van der Waals surface area (Å²) in [6.45, 7) is 0.757. The molecule has 0 spiro atoms. The highest BCUT2D eigenvalue weighted by molar-refractivity contribution is 5.89. The molecule has 1 aromatic rings. The summed E-state index contributed by atoms with van der Waals surface area (Å²) in [6, 6.07) is 7.53. The van der Waals surface area contributed by atoms with Crippen LogP contribution in [0.3, 0.4) is 0 Å². The van der Waals surface area contributed by atoms with Crippen molar-refractivity contribution in [3.8, 4) is 0 Å². The van der Waals surface area contributed by atoms with Gasteiger partial charge in [-0.3, -0.25) is 0 Å². The minimum atomic E-state index is -0.224. The van der Waals surface area contributed by atoms with Crippen LogP contribution in [0.5, 0.6) is 0 Å². The van der Waals surface area contributed by atoms with E-state index in [-0.39, 0.29) is 24.6 Å². The van der Waals surface area contributed by atoms with E-state index in [2.05, 4.69) is 10.6 Å². The van der Waals surface area contributed by atoms with E-state index in [9.17, 15) is 4.79 Å². The van der Waals surface area contributed by atoms with Gasteiger partial charge in [0, 0.05) is 24.3 Å². The molecule has 3 N–H and O–H groups in total. The average molecular weight is 330 g/mol. The molecule has 5 heteroatoms. The van der Waals surface area contributed by atoms with E-state index in [1.165, 1.54) is 25.7 Å². The maximum atomic E-state index is 12.0. The van der Waals surface area contributed by atoms with Crippen molar-refractivity contribution in [2.75, 3.05) is 11.9 Å². The van der Waals surface area contributed by atoms with Crippen LogP contribution in [0.25, 0.3) is 0 Å². The van der Waals surface area contributed by atoms with Crippen molar-refractivity contribution >= 4 is 11.7 Å². The molecule has 24 heavy (non-hydrogen) atoms. The molecule has 0 heterocycles. The zero-order valence-corrected chi connectivity index (χ0v) is 13.9. The molecule has 1 saturated carbocycles. The van der Waals surface area contributed by atoms with Gasteiger partial charge in [0.1, 0.15) is 0 Å². The number of anilines is 1. The van der Waals surface area contributed by atoms with Gasteiger partial charge in [0.2, 0.25) is 0 Å². The van der Waals surface area contributed by atoms with Crippen molar-refractivity contribution in [2.45, 2.75) is 50.9 Å². The number of carbonyl (C=O) groups excluding carboxylic acids is 1. The predicted octanol–water partition coefficient (Wildman–Crippen LogP) is 3.20. The number of ether oxygens (including phenoxy) is 1. The monoisotopic (exact) mass is 330 g/mol. The molecule has 3 rings (SSSR count). The number of urea groups is 1. The van der Waals surface area contributed by atoms with Gasteiger partial charge in [0.25, 0.3) is 0 Å². The Balaban J connectivity index is 1.42. The molecular weight excluding hydrogens is 304 g/mol. The highest BCUT2D eigenvalue weighted by Gasteiger charge is 2.19. The molecule has 2 aliphatic carbocycles. The first-order chi connectivity index (χ1) is 11.7. The van der Waals surface area contributed by atoms with Crippen LogP contribution >= 0.6 is 0 Å². The lowest BCUT2D eigenvalue weighted by Crippen LogP contribution is -2.36. The van der Waals surface area contributed by atoms with E-state index in [4.69, 9.17) is 9.84 Å². The van der Waals surface area contributed by atoms with Crippen LogP contribution in [0.2, 0.25) is 0 Å². The largest absolute Gasteiger partial charge is 0.396 e. The van der Waals surface area contributed by atoms with Crippen LogP contribution < -0.4 is 10.6 Å². The number of aliphatic hydroxyl groups is 1. The molecule has 5 nitrogen and oxygen atoms in total. The van der Waals surface area contributed by atoms with E-state index >= 15 is 0 Å². The smallest absolute Gasteiger partial charge is 0.319 e. The fourth-order valence-corrected chi connectivity index (χ4v) is 3.31. The molecule has 130 valence electrons. The molecule has 2 amide bonds. The third kappa shape index (κ3) is 4.82. The Kier molecular flexibility index (Phi) is 5.88. The molecule has 0 bridgehead atoms. The first-order valence-electron chi connectivity index (χ1n) is 8.80. The number of hydrogen-bond donors (Lipinski definition) is 3. The quantitative estimate of drug-likeness (QED) is 0.702. The van der Waals surface area contributed by atoms with Gasteiger partial charge < -0.3 is 20.5 Å². The van der Waals surface area contributed by atoms with Crippen molar-refractivity contribution < 1.29 is 14.6 Å². The van der Waals surface area contributed by atoms with Crippen molar-refractivity contribution in [3.63, 3.8) is 0 Å². The van der Waals surface area contributed by atoms with Crippen LogP contribution in [0.1, 0.15) is 37.7 Å². The first kappa shape index (κ1) is 17.0. The number of aliphatic hydroxyl groups excluding tert-OH is 1. The number of nitrogens with one attached hydrogen (secondary N) is 2. The van der Waals surface area contributed by atoms with Crippen LogP contribution in [0.15, 0.2) is 36.4 Å². The molecule has 0 aromatic heterocycles. The lowest BCUT2D eigenvalue weighted by atomic mass is 10.1. The number of benzene rings is 1. The van der Waals surface area contributed by atoms with E-state index in [0.29, 0.717) is 12.7 Å². The lowest BCUT2D eigenvalue weighted by Gasteiger charge is -2.14. The van der Waals surface area contributed by atoms with Crippen LogP contribution in [-0.4, -0.2) is 29.9 Å². The third-order valence-electron chi connectivity index (χ3n) is 4.72. The van der Waals surface area contributed by atoms with Crippen LogP contribution in [-0.2, 0) is 11.3 Å². The van der Waals surface area contributed by atoms with Crippen molar-refractivity contribution in [3.05, 3.63) is 42.0 Å². The zero-order valence-electron chi connectivity index (χ0n) is 13.9. The van der Waals surface area contributed by atoms with Gasteiger partial charge >= 0.3 is 6.03 Å². The first-order valence-corrected chi connectivity index (χ1v) is 8.80. The second-order valence-corrected chi connectivity index (χ2v) is 6.68. The van der Waals surface area contributed by atoms with E-state index < -0.39 is 0 Å². The molecule has 0 saturated heterocycles. The highest BCUT2D eigenvalue weighted by Crippen LogP contribution is 2.22. The zero-order chi connectivity index (χ0) is 16.8. The fraction of sp³-hybridized carbons (Fsp3) is 0.526. The van der Waals surface area contributed by atoms with Crippen LogP contribution in [0, 0.1) is 5.92 Å². The average Bonchev–Trinajstić information content (AvgIpc) is 3.25. The molecule has 2 atom stereocenters. The Labute approximate surface area is 143 Å². The molecule has 2 aliphatic rings. The summed E-state index contributed by atoms with van der Waals surface area (Å²) in [7, 11) is 0. The number of amides is 2. The second-order valence-electron chi connectivity index (χ2n) is 6.68. The number of rotatable bonds is 6. The molecule has 1 aromatic carbocycles. The molecule has 0 unspecified atom stereocenters. The van der Waals surface area contributed by atoms with Crippen molar-refractivity contribution in [1.82, 2.24) is 5.32 Å². The highest BCUT2D eigenvalue weighted by atomic mass is 16.5. The standard InChI is InChI=1S/C19H26N2O3/c22-12-15-7-10-17(11-15)21-19(23)20-16-8-5-14(6-9-16)13-24-18-3-1-2-4-18/h5-10,15,17-18,22H,1-4,11-13H2,(H2,20,21,23)/t15-,17+/m0/s1. The summed E-state index contributed by atoms with van der Waals surface area (Å²) in [6.07, 6.45) is 9.94. The second kappa shape index (κ2) is 8.31. The van der Waals surface area contributed by atoms with Crippen LogP contribution in [0.4, 0.5) is 10.5 Å². The molecule has 0 aliphatic heterocycles. The summed E-state index contributed by atoms with van der Waals surface area (Å²) in [5, 5.41) is 14.8. The lowest BCUT2D eigenvalue weighted by molar-refractivity contribution is 0.0457. The Morgan fingerprint density at radius 2 is 1.92 bits per heavy atom. The van der Waals surface area contributed by atoms with Gasteiger partial charge in [0.05, 0.1) is 12.7 Å². The molecular formula is C19H26N2O3. The van der Waals surface area contributed by atoms with Gasteiger partial charge in [-0.1, -0.05) is 37.1 Å². The topological polar surface area (TPSA) is 70.6 Å². The maximum absolute atomic E-state index is 12.0. The van der Waals surface area contributed by atoms with Gasteiger partial charge in [-0.15, -0.1) is 0 Å².